The molecule has 19 heteroatoms. The quantitative estimate of drug-likeness (QED) is 0.0644. The molecule has 0 aromatic carbocycles. The second-order valence-corrected chi connectivity index (χ2v) is 17.7. The summed E-state index contributed by atoms with van der Waals surface area (Å²) in [6.07, 6.45) is -0.588. The zero-order valence-corrected chi connectivity index (χ0v) is 29.1. The van der Waals surface area contributed by atoms with Gasteiger partial charge in [-0.15, -0.1) is 4.99 Å². The fourth-order valence-electron chi connectivity index (χ4n) is 6.35. The van der Waals surface area contributed by atoms with E-state index in [1.807, 2.05) is 6.92 Å². The SMILES string of the molecule is BNPOC(=O)/N=C(/N)NC(=O)[C@H]1CCN(CC2=C(C(=O)OPNB)N3C(=O)C([C@@H](C)O[Si](CC)(CC)CC)[C@H]3[C@H]2C)C1. The van der Waals surface area contributed by atoms with Gasteiger partial charge in [-0.2, -0.15) is 0 Å². The van der Waals surface area contributed by atoms with E-state index < -0.39 is 26.3 Å². The normalized spacial score (nSPS) is 25.5. The molecule has 0 saturated carbocycles. The minimum atomic E-state index is -1.94. The number of nitrogens with two attached hydrogens (primary N) is 1. The molecule has 3 rings (SSSR count). The minimum absolute atomic E-state index is 0.0878. The van der Waals surface area contributed by atoms with E-state index in [4.69, 9.17) is 19.2 Å². The van der Waals surface area contributed by atoms with E-state index >= 15 is 0 Å². The van der Waals surface area contributed by atoms with Gasteiger partial charge >= 0.3 is 12.1 Å². The number of fused-ring (bicyclic) bond motifs is 1. The number of β-lactam (4-membered cyclic amide) rings is 1. The summed E-state index contributed by atoms with van der Waals surface area (Å²) in [6, 6.07) is 2.78. The zero-order chi connectivity index (χ0) is 31.9. The standard InChI is InChI=1S/C24H45B2N7O7P2Si/c1-6-43(7-2,8-3)40-14(5)17-18-13(4)16(19(33(18)21(17)35)22(36)38-41-30-25)12-32-10-9-15(11-32)20(34)28-23(27)29-24(37)39-42-31-26/h13-15,17-18,30-31,41-42H,6-12,25-26H2,1-5H3,(H3,27,28,29,34,37)/t13-,14+,15-,17?,18+/m0/s1. The maximum Gasteiger partial charge on any atom is 0.440 e. The first-order valence-electron chi connectivity index (χ1n) is 14.8. The van der Waals surface area contributed by atoms with Crippen LogP contribution in [0.4, 0.5) is 4.79 Å². The maximum absolute atomic E-state index is 13.6. The number of nitrogens with zero attached hydrogens (tertiary/aromatic N) is 3. The molecule has 0 aromatic heterocycles. The summed E-state index contributed by atoms with van der Waals surface area (Å²) in [5.74, 6) is -2.13. The fraction of sp³-hybridized carbons (Fsp3) is 0.708. The van der Waals surface area contributed by atoms with E-state index in [0.717, 1.165) is 23.7 Å². The third kappa shape index (κ3) is 8.05. The number of rotatable bonds is 14. The van der Waals surface area contributed by atoms with Crippen molar-refractivity contribution in [2.75, 3.05) is 19.6 Å². The summed E-state index contributed by atoms with van der Waals surface area (Å²) in [5, 5.41) is 2.47. The molecule has 238 valence electrons. The number of nitrogens with one attached hydrogen (secondary N) is 3. The number of guanidine groups is 1. The topological polar surface area (TPSA) is 177 Å². The molecule has 0 spiro atoms. The Labute approximate surface area is 260 Å². The Balaban J connectivity index is 1.74. The van der Waals surface area contributed by atoms with Crippen LogP contribution in [0, 0.1) is 17.8 Å². The lowest BCUT2D eigenvalue weighted by atomic mass is 9.77. The van der Waals surface area contributed by atoms with Crippen LogP contribution in [-0.4, -0.2) is 95.7 Å². The number of hydrogen-bond donors (Lipinski definition) is 4. The van der Waals surface area contributed by atoms with Gasteiger partial charge in [0.2, 0.25) is 17.8 Å². The third-order valence-electron chi connectivity index (χ3n) is 8.85. The minimum Gasteiger partial charge on any atom is -0.428 e. The van der Waals surface area contributed by atoms with Crippen LogP contribution < -0.4 is 21.0 Å². The van der Waals surface area contributed by atoms with Gasteiger partial charge in [-0.1, -0.05) is 27.7 Å². The highest BCUT2D eigenvalue weighted by Gasteiger charge is 2.61. The van der Waals surface area contributed by atoms with Crippen LogP contribution in [0.1, 0.15) is 41.0 Å². The van der Waals surface area contributed by atoms with Crippen molar-refractivity contribution in [1.82, 2.24) is 25.1 Å². The van der Waals surface area contributed by atoms with Crippen LogP contribution in [0.5, 0.6) is 0 Å². The summed E-state index contributed by atoms with van der Waals surface area (Å²) in [5.41, 5.74) is 6.86. The Bertz CT molecular complexity index is 1130. The van der Waals surface area contributed by atoms with Crippen molar-refractivity contribution in [1.29, 1.82) is 0 Å². The Morgan fingerprint density at radius 3 is 2.37 bits per heavy atom. The first kappa shape index (κ1) is 35.6. The molecule has 0 aliphatic carbocycles. The average Bonchev–Trinajstić information content (AvgIpc) is 3.55. The predicted octanol–water partition coefficient (Wildman–Crippen LogP) is -0.147. The summed E-state index contributed by atoms with van der Waals surface area (Å²) in [4.78, 5) is 64.1. The van der Waals surface area contributed by atoms with Crippen LogP contribution in [0.15, 0.2) is 16.3 Å². The van der Waals surface area contributed by atoms with Crippen molar-refractivity contribution < 1.29 is 32.7 Å². The molecule has 3 aliphatic rings. The first-order valence-corrected chi connectivity index (χ1v) is 19.2. The van der Waals surface area contributed by atoms with E-state index in [1.165, 1.54) is 0 Å². The van der Waals surface area contributed by atoms with E-state index in [0.29, 0.717) is 31.8 Å². The van der Waals surface area contributed by atoms with Crippen LogP contribution in [0.3, 0.4) is 0 Å². The Hall–Kier alpha value is -1.86. The largest absolute Gasteiger partial charge is 0.440 e. The highest BCUT2D eigenvalue weighted by Crippen LogP contribution is 2.49. The van der Waals surface area contributed by atoms with E-state index in [1.54, 1.807) is 20.9 Å². The van der Waals surface area contributed by atoms with Crippen molar-refractivity contribution >= 4 is 72.0 Å². The molecule has 3 unspecified atom stereocenters. The molecule has 0 aromatic rings. The molecular formula is C24H45B2N7O7P2Si. The molecule has 5 N–H and O–H groups in total. The lowest BCUT2D eigenvalue weighted by molar-refractivity contribution is -0.161. The summed E-state index contributed by atoms with van der Waals surface area (Å²) < 4.78 is 16.9. The van der Waals surface area contributed by atoms with E-state index in [-0.39, 0.29) is 59.7 Å². The fourth-order valence-corrected chi connectivity index (χ4v) is 9.81. The molecule has 3 heterocycles. The number of carbonyl (C=O) groups is 4. The van der Waals surface area contributed by atoms with Crippen LogP contribution in [-0.2, 0) is 27.9 Å². The van der Waals surface area contributed by atoms with E-state index in [2.05, 4.69) is 52.9 Å². The van der Waals surface area contributed by atoms with E-state index in [9.17, 15) is 19.2 Å². The Morgan fingerprint density at radius 2 is 1.77 bits per heavy atom. The van der Waals surface area contributed by atoms with Crippen molar-refractivity contribution in [3.8, 4) is 0 Å². The van der Waals surface area contributed by atoms with Crippen molar-refractivity contribution in [3.05, 3.63) is 11.3 Å². The van der Waals surface area contributed by atoms with Crippen molar-refractivity contribution in [2.45, 2.75) is 71.3 Å². The average molecular weight is 655 g/mol. The van der Waals surface area contributed by atoms with Gasteiger partial charge in [0.15, 0.2) is 24.3 Å². The molecular weight excluding hydrogens is 610 g/mol. The Morgan fingerprint density at radius 1 is 1.14 bits per heavy atom. The molecule has 2 fully saturated rings. The van der Waals surface area contributed by atoms with Gasteiger partial charge in [0.05, 0.1) is 24.0 Å². The number of amides is 3. The molecule has 14 nitrogen and oxygen atoms in total. The van der Waals surface area contributed by atoms with Gasteiger partial charge in [-0.25, -0.2) is 9.59 Å². The second kappa shape index (κ2) is 15.9. The second-order valence-electron chi connectivity index (χ2n) is 11.1. The van der Waals surface area contributed by atoms with Gasteiger partial charge in [-0.3, -0.25) is 19.8 Å². The van der Waals surface area contributed by atoms with Crippen molar-refractivity contribution in [2.24, 2.45) is 28.5 Å². The molecule has 0 bridgehead atoms. The smallest absolute Gasteiger partial charge is 0.428 e. The lowest BCUT2D eigenvalue weighted by Gasteiger charge is -2.49. The predicted molar refractivity (Wildman–Crippen MR) is 175 cm³/mol. The summed E-state index contributed by atoms with van der Waals surface area (Å²) in [6.45, 7) is 12.0. The van der Waals surface area contributed by atoms with Crippen LogP contribution in [0.25, 0.3) is 0 Å². The number of aliphatic imine (C=N–C) groups is 1. The molecule has 43 heavy (non-hydrogen) atoms. The summed E-state index contributed by atoms with van der Waals surface area (Å²) >= 11 is 0. The van der Waals surface area contributed by atoms with Gasteiger partial charge in [0, 0.05) is 19.0 Å². The lowest BCUT2D eigenvalue weighted by Crippen LogP contribution is -2.65. The van der Waals surface area contributed by atoms with Gasteiger partial charge < -0.3 is 34.1 Å². The zero-order valence-electron chi connectivity index (χ0n) is 26.1. The number of hydrogen-bond acceptors (Lipinski definition) is 10. The number of likely N-dealkylation sites (tertiary alicyclic amines) is 1. The van der Waals surface area contributed by atoms with Gasteiger partial charge in [0.25, 0.3) is 0 Å². The molecule has 2 saturated heterocycles. The highest BCUT2D eigenvalue weighted by molar-refractivity contribution is 7.32. The van der Waals surface area contributed by atoms with Gasteiger partial charge in [0.1, 0.15) is 23.6 Å². The molecule has 3 aliphatic heterocycles. The third-order valence-corrected chi connectivity index (χ3v) is 14.6. The van der Waals surface area contributed by atoms with Crippen molar-refractivity contribution in [3.63, 3.8) is 0 Å². The van der Waals surface area contributed by atoms with Crippen LogP contribution >= 0.6 is 17.9 Å². The number of carbonyl (C=O) groups excluding carboxylic acids is 4. The molecule has 0 radical (unpaired) electrons. The molecule has 7 atom stereocenters. The Kier molecular flexibility index (Phi) is 13.2. The van der Waals surface area contributed by atoms with Gasteiger partial charge in [-0.05, 0) is 43.6 Å². The highest BCUT2D eigenvalue weighted by atomic mass is 31.1. The summed E-state index contributed by atoms with van der Waals surface area (Å²) in [7, 11) is 0.856. The van der Waals surface area contributed by atoms with Crippen LogP contribution in [0.2, 0.25) is 18.1 Å². The maximum atomic E-state index is 13.6. The first-order chi connectivity index (χ1) is 20.5. The monoisotopic (exact) mass is 655 g/mol. The molecule has 3 amide bonds.